The highest BCUT2D eigenvalue weighted by atomic mass is 32.1. The first-order chi connectivity index (χ1) is 11.3. The number of ether oxygens (including phenoxy) is 2. The van der Waals surface area contributed by atoms with Crippen LogP contribution >= 0.6 is 11.3 Å². The molecule has 0 saturated carbocycles. The average Bonchev–Trinajstić information content (AvgIpc) is 3.29. The molecule has 2 unspecified atom stereocenters. The van der Waals surface area contributed by atoms with Gasteiger partial charge in [0.2, 0.25) is 0 Å². The van der Waals surface area contributed by atoms with E-state index in [1.54, 1.807) is 0 Å². The van der Waals surface area contributed by atoms with Gasteiger partial charge in [-0.05, 0) is 37.1 Å². The number of nitrogens with zero attached hydrogens (tertiary/aromatic N) is 2. The van der Waals surface area contributed by atoms with Crippen molar-refractivity contribution >= 4 is 22.2 Å². The molecule has 0 spiro atoms. The smallest absolute Gasteiger partial charge is 0.180 e. The fraction of sp³-hybridized carbons (Fsp3) is 0.471. The minimum Gasteiger partial charge on any atom is -0.488 e. The van der Waals surface area contributed by atoms with Gasteiger partial charge in [0.05, 0.1) is 24.9 Å². The lowest BCUT2D eigenvalue weighted by Crippen LogP contribution is -2.22. The molecule has 0 amide bonds. The second-order valence-electron chi connectivity index (χ2n) is 6.06. The lowest BCUT2D eigenvalue weighted by atomic mass is 10.1. The molecule has 2 fully saturated rings. The molecule has 1 aromatic heterocycles. The minimum atomic E-state index is 0.193. The summed E-state index contributed by atoms with van der Waals surface area (Å²) in [6.07, 6.45) is 3.47. The van der Waals surface area contributed by atoms with Crippen LogP contribution in [0.4, 0.5) is 10.8 Å². The van der Waals surface area contributed by atoms with E-state index in [4.69, 9.17) is 15.2 Å². The van der Waals surface area contributed by atoms with Crippen LogP contribution in [0.3, 0.4) is 0 Å². The summed E-state index contributed by atoms with van der Waals surface area (Å²) >= 11 is 1.52. The third-order valence-electron chi connectivity index (χ3n) is 4.49. The van der Waals surface area contributed by atoms with Gasteiger partial charge in [0.15, 0.2) is 5.13 Å². The van der Waals surface area contributed by atoms with Crippen LogP contribution in [0.2, 0.25) is 0 Å². The zero-order valence-electron chi connectivity index (χ0n) is 13.0. The molecule has 2 aliphatic heterocycles. The molecule has 23 heavy (non-hydrogen) atoms. The molecule has 0 aliphatic carbocycles. The Bertz CT molecular complexity index is 652. The van der Waals surface area contributed by atoms with Crippen molar-refractivity contribution in [3.8, 4) is 5.75 Å². The Labute approximate surface area is 140 Å². The second-order valence-corrected chi connectivity index (χ2v) is 6.95. The van der Waals surface area contributed by atoms with Crippen LogP contribution in [0.15, 0.2) is 29.6 Å². The summed E-state index contributed by atoms with van der Waals surface area (Å²) in [7, 11) is 0. The van der Waals surface area contributed by atoms with E-state index in [-0.39, 0.29) is 6.10 Å². The SMILES string of the molecule is Nc1nc(C2CCCN2c2ccc(OC3CCOC3)cc2)cs1. The maximum atomic E-state index is 5.94. The third-order valence-corrected chi connectivity index (χ3v) is 5.19. The fourth-order valence-electron chi connectivity index (χ4n) is 3.35. The summed E-state index contributed by atoms with van der Waals surface area (Å²) in [5.74, 6) is 0.915. The maximum Gasteiger partial charge on any atom is 0.180 e. The molecule has 0 bridgehead atoms. The van der Waals surface area contributed by atoms with Gasteiger partial charge >= 0.3 is 0 Å². The van der Waals surface area contributed by atoms with E-state index in [0.717, 1.165) is 37.4 Å². The third kappa shape index (κ3) is 3.14. The molecule has 1 aromatic carbocycles. The predicted octanol–water partition coefficient (Wildman–Crippen LogP) is 3.23. The molecule has 4 rings (SSSR count). The van der Waals surface area contributed by atoms with Crippen LogP contribution in [0.1, 0.15) is 31.0 Å². The molecule has 2 N–H and O–H groups in total. The highest BCUT2D eigenvalue weighted by molar-refractivity contribution is 7.13. The molecule has 2 aliphatic rings. The topological polar surface area (TPSA) is 60.6 Å². The molecular weight excluding hydrogens is 310 g/mol. The van der Waals surface area contributed by atoms with E-state index < -0.39 is 0 Å². The van der Waals surface area contributed by atoms with Crippen molar-refractivity contribution in [3.05, 3.63) is 35.3 Å². The number of aromatic nitrogens is 1. The summed E-state index contributed by atoms with van der Waals surface area (Å²) in [6.45, 7) is 2.55. The first-order valence-electron chi connectivity index (χ1n) is 8.11. The summed E-state index contributed by atoms with van der Waals surface area (Å²) in [4.78, 5) is 6.88. The van der Waals surface area contributed by atoms with Gasteiger partial charge in [-0.1, -0.05) is 0 Å². The first kappa shape index (κ1) is 14.8. The van der Waals surface area contributed by atoms with E-state index >= 15 is 0 Å². The second kappa shape index (κ2) is 6.37. The van der Waals surface area contributed by atoms with Crippen LogP contribution in [0.5, 0.6) is 5.75 Å². The summed E-state index contributed by atoms with van der Waals surface area (Å²) in [5, 5.41) is 2.73. The number of anilines is 2. The van der Waals surface area contributed by atoms with E-state index in [9.17, 15) is 0 Å². The van der Waals surface area contributed by atoms with E-state index in [1.165, 1.54) is 23.4 Å². The van der Waals surface area contributed by atoms with Gasteiger partial charge in [0.1, 0.15) is 11.9 Å². The van der Waals surface area contributed by atoms with Crippen LogP contribution in [0, 0.1) is 0 Å². The average molecular weight is 331 g/mol. The van der Waals surface area contributed by atoms with E-state index in [1.807, 2.05) is 0 Å². The van der Waals surface area contributed by atoms with E-state index in [2.05, 4.69) is 39.5 Å². The van der Waals surface area contributed by atoms with Gasteiger partial charge in [-0.25, -0.2) is 4.98 Å². The van der Waals surface area contributed by atoms with E-state index in [0.29, 0.717) is 17.8 Å². The Kier molecular flexibility index (Phi) is 4.10. The predicted molar refractivity (Wildman–Crippen MR) is 92.1 cm³/mol. The zero-order valence-corrected chi connectivity index (χ0v) is 13.8. The monoisotopic (exact) mass is 331 g/mol. The quantitative estimate of drug-likeness (QED) is 0.932. The first-order valence-corrected chi connectivity index (χ1v) is 8.99. The summed E-state index contributed by atoms with van der Waals surface area (Å²) < 4.78 is 11.3. The standard InChI is InChI=1S/C17H21N3O2S/c18-17-19-15(11-23-17)16-2-1-8-20(16)12-3-5-13(6-4-12)22-14-7-9-21-10-14/h3-6,11,14,16H,1-2,7-10H2,(H2,18,19). The van der Waals surface area contributed by atoms with Gasteiger partial charge in [-0.3, -0.25) is 0 Å². The van der Waals surface area contributed by atoms with Crippen molar-refractivity contribution in [3.63, 3.8) is 0 Å². The van der Waals surface area contributed by atoms with Crippen molar-refractivity contribution in [1.29, 1.82) is 0 Å². The Morgan fingerprint density at radius 1 is 1.26 bits per heavy atom. The number of thiazole rings is 1. The summed E-state index contributed by atoms with van der Waals surface area (Å²) in [5.41, 5.74) is 8.10. The van der Waals surface area contributed by atoms with Crippen molar-refractivity contribution in [2.45, 2.75) is 31.4 Å². The molecule has 3 heterocycles. The normalized spacial score (nSPS) is 24.3. The van der Waals surface area contributed by atoms with Gasteiger partial charge in [-0.15, -0.1) is 11.3 Å². The highest BCUT2D eigenvalue weighted by Crippen LogP contribution is 2.37. The van der Waals surface area contributed by atoms with Crippen LogP contribution < -0.4 is 15.4 Å². The fourth-order valence-corrected chi connectivity index (χ4v) is 3.96. The van der Waals surface area contributed by atoms with Crippen molar-refractivity contribution in [2.75, 3.05) is 30.4 Å². The van der Waals surface area contributed by atoms with Crippen molar-refractivity contribution in [1.82, 2.24) is 4.98 Å². The molecule has 2 saturated heterocycles. The maximum absolute atomic E-state index is 5.94. The molecule has 122 valence electrons. The van der Waals surface area contributed by atoms with Crippen molar-refractivity contribution in [2.24, 2.45) is 0 Å². The molecule has 6 heteroatoms. The van der Waals surface area contributed by atoms with Crippen LogP contribution in [-0.2, 0) is 4.74 Å². The van der Waals surface area contributed by atoms with Gasteiger partial charge in [0.25, 0.3) is 0 Å². The number of nitrogens with two attached hydrogens (primary N) is 1. The van der Waals surface area contributed by atoms with Gasteiger partial charge in [0, 0.05) is 24.0 Å². The molecule has 5 nitrogen and oxygen atoms in total. The highest BCUT2D eigenvalue weighted by Gasteiger charge is 2.28. The molecule has 2 atom stereocenters. The molecule has 0 radical (unpaired) electrons. The zero-order chi connectivity index (χ0) is 15.6. The van der Waals surface area contributed by atoms with Crippen molar-refractivity contribution < 1.29 is 9.47 Å². The Morgan fingerprint density at radius 2 is 2.13 bits per heavy atom. The number of nitrogen functional groups attached to an aromatic ring is 1. The number of hydrogen-bond donors (Lipinski definition) is 1. The van der Waals surface area contributed by atoms with Crippen LogP contribution in [0.25, 0.3) is 0 Å². The lowest BCUT2D eigenvalue weighted by molar-refractivity contribution is 0.141. The Balaban J connectivity index is 1.48. The largest absolute Gasteiger partial charge is 0.488 e. The minimum absolute atomic E-state index is 0.193. The van der Waals surface area contributed by atoms with Gasteiger partial charge < -0.3 is 20.1 Å². The Morgan fingerprint density at radius 3 is 2.83 bits per heavy atom. The molecular formula is C17H21N3O2S. The summed E-state index contributed by atoms with van der Waals surface area (Å²) in [6, 6.07) is 8.72. The number of rotatable bonds is 4. The lowest BCUT2D eigenvalue weighted by Gasteiger charge is -2.26. The number of hydrogen-bond acceptors (Lipinski definition) is 6. The molecule has 2 aromatic rings. The van der Waals surface area contributed by atoms with Crippen LogP contribution in [-0.4, -0.2) is 30.8 Å². The Hall–Kier alpha value is -1.79. The van der Waals surface area contributed by atoms with Gasteiger partial charge in [-0.2, -0.15) is 0 Å². The number of benzene rings is 1.